The first-order valence-corrected chi connectivity index (χ1v) is 7.58. The molecule has 0 aliphatic heterocycles. The Labute approximate surface area is 130 Å². The summed E-state index contributed by atoms with van der Waals surface area (Å²) >= 11 is 5.88. The number of aryl methyl sites for hydroxylation is 1. The van der Waals surface area contributed by atoms with Gasteiger partial charge in [0.25, 0.3) is 0 Å². The van der Waals surface area contributed by atoms with Crippen LogP contribution in [0.2, 0.25) is 5.02 Å². The fraction of sp³-hybridized carbons (Fsp3) is 0.375. The molecule has 0 aliphatic carbocycles. The van der Waals surface area contributed by atoms with Gasteiger partial charge >= 0.3 is 0 Å². The van der Waals surface area contributed by atoms with Crippen molar-refractivity contribution in [3.8, 4) is 5.88 Å². The third-order valence-electron chi connectivity index (χ3n) is 2.90. The maximum absolute atomic E-state index is 5.88. The highest BCUT2D eigenvalue weighted by Crippen LogP contribution is 2.16. The number of halogens is 1. The van der Waals surface area contributed by atoms with Crippen LogP contribution in [0.15, 0.2) is 30.3 Å². The standard InChI is InChI=1S/C16H20ClN3O/c1-3-5-14-19-15(10-16(20-14)21-4-2)18-11-12-6-8-13(17)9-7-12/h6-10H,3-5,11H2,1-2H3,(H,18,19,20). The molecule has 0 bridgehead atoms. The lowest BCUT2D eigenvalue weighted by Crippen LogP contribution is -2.06. The second kappa shape index (κ2) is 7.84. The predicted molar refractivity (Wildman–Crippen MR) is 86.0 cm³/mol. The number of rotatable bonds is 7. The van der Waals surface area contributed by atoms with Crippen LogP contribution < -0.4 is 10.1 Å². The predicted octanol–water partition coefficient (Wildman–Crippen LogP) is 4.09. The van der Waals surface area contributed by atoms with Crippen molar-refractivity contribution < 1.29 is 4.74 Å². The average Bonchev–Trinajstić information content (AvgIpc) is 2.47. The monoisotopic (exact) mass is 305 g/mol. The van der Waals surface area contributed by atoms with Crippen molar-refractivity contribution in [1.82, 2.24) is 9.97 Å². The molecule has 0 saturated heterocycles. The van der Waals surface area contributed by atoms with Crippen molar-refractivity contribution in [2.24, 2.45) is 0 Å². The van der Waals surface area contributed by atoms with Crippen LogP contribution in [-0.4, -0.2) is 16.6 Å². The zero-order valence-corrected chi connectivity index (χ0v) is 13.2. The fourth-order valence-corrected chi connectivity index (χ4v) is 2.04. The molecule has 21 heavy (non-hydrogen) atoms. The highest BCUT2D eigenvalue weighted by Gasteiger charge is 2.05. The van der Waals surface area contributed by atoms with Crippen LogP contribution >= 0.6 is 11.6 Å². The zero-order valence-electron chi connectivity index (χ0n) is 12.4. The molecule has 0 atom stereocenters. The maximum atomic E-state index is 5.88. The number of anilines is 1. The number of nitrogens with one attached hydrogen (secondary N) is 1. The molecule has 2 aromatic rings. The molecular weight excluding hydrogens is 286 g/mol. The molecule has 0 saturated carbocycles. The van der Waals surface area contributed by atoms with Crippen LogP contribution in [-0.2, 0) is 13.0 Å². The van der Waals surface area contributed by atoms with Crippen LogP contribution in [0.4, 0.5) is 5.82 Å². The topological polar surface area (TPSA) is 47.0 Å². The summed E-state index contributed by atoms with van der Waals surface area (Å²) < 4.78 is 5.49. The van der Waals surface area contributed by atoms with E-state index in [2.05, 4.69) is 22.2 Å². The van der Waals surface area contributed by atoms with E-state index in [1.165, 1.54) is 0 Å². The first-order valence-electron chi connectivity index (χ1n) is 7.20. The Balaban J connectivity index is 2.08. The van der Waals surface area contributed by atoms with Gasteiger partial charge in [0.05, 0.1) is 6.61 Å². The molecule has 0 radical (unpaired) electrons. The zero-order chi connectivity index (χ0) is 15.1. The fourth-order valence-electron chi connectivity index (χ4n) is 1.92. The number of ether oxygens (including phenoxy) is 1. The molecule has 1 N–H and O–H groups in total. The summed E-state index contributed by atoms with van der Waals surface area (Å²) in [5.74, 6) is 2.21. The summed E-state index contributed by atoms with van der Waals surface area (Å²) in [4.78, 5) is 8.90. The van der Waals surface area contributed by atoms with Crippen LogP contribution in [0.25, 0.3) is 0 Å². The van der Waals surface area contributed by atoms with E-state index in [-0.39, 0.29) is 0 Å². The molecule has 0 fully saturated rings. The Hall–Kier alpha value is -1.81. The smallest absolute Gasteiger partial charge is 0.218 e. The van der Waals surface area contributed by atoms with E-state index >= 15 is 0 Å². The van der Waals surface area contributed by atoms with E-state index in [1.54, 1.807) is 0 Å². The van der Waals surface area contributed by atoms with Gasteiger partial charge in [0.1, 0.15) is 11.6 Å². The molecule has 112 valence electrons. The van der Waals surface area contributed by atoms with Crippen molar-refractivity contribution >= 4 is 17.4 Å². The summed E-state index contributed by atoms with van der Waals surface area (Å²) in [7, 11) is 0. The van der Waals surface area contributed by atoms with Crippen LogP contribution in [0.1, 0.15) is 31.7 Å². The van der Waals surface area contributed by atoms with Crippen molar-refractivity contribution in [1.29, 1.82) is 0 Å². The Morgan fingerprint density at radius 2 is 1.90 bits per heavy atom. The van der Waals surface area contributed by atoms with Gasteiger partial charge in [-0.15, -0.1) is 0 Å². The lowest BCUT2D eigenvalue weighted by molar-refractivity contribution is 0.325. The Bertz CT molecular complexity index is 548. The molecule has 0 spiro atoms. The summed E-state index contributed by atoms with van der Waals surface area (Å²) in [5, 5.41) is 4.04. The van der Waals surface area contributed by atoms with E-state index in [1.807, 2.05) is 37.3 Å². The average molecular weight is 306 g/mol. The highest BCUT2D eigenvalue weighted by atomic mass is 35.5. The van der Waals surface area contributed by atoms with Crippen LogP contribution in [0.5, 0.6) is 5.88 Å². The normalized spacial score (nSPS) is 10.4. The highest BCUT2D eigenvalue weighted by molar-refractivity contribution is 6.30. The van der Waals surface area contributed by atoms with Gasteiger partial charge in [-0.2, -0.15) is 4.98 Å². The Kier molecular flexibility index (Phi) is 5.81. The van der Waals surface area contributed by atoms with Crippen LogP contribution in [0.3, 0.4) is 0 Å². The van der Waals surface area contributed by atoms with Gasteiger partial charge in [-0.1, -0.05) is 30.7 Å². The number of hydrogen-bond donors (Lipinski definition) is 1. The van der Waals surface area contributed by atoms with Gasteiger partial charge in [0, 0.05) is 24.1 Å². The minimum atomic E-state index is 0.596. The Morgan fingerprint density at radius 3 is 2.57 bits per heavy atom. The van der Waals surface area contributed by atoms with E-state index in [4.69, 9.17) is 16.3 Å². The first kappa shape index (κ1) is 15.6. The molecule has 2 rings (SSSR count). The lowest BCUT2D eigenvalue weighted by Gasteiger charge is -2.10. The minimum absolute atomic E-state index is 0.596. The van der Waals surface area contributed by atoms with Crippen molar-refractivity contribution in [3.63, 3.8) is 0 Å². The third kappa shape index (κ3) is 4.90. The largest absolute Gasteiger partial charge is 0.478 e. The SMILES string of the molecule is CCCc1nc(NCc2ccc(Cl)cc2)cc(OCC)n1. The number of benzene rings is 1. The Morgan fingerprint density at radius 1 is 1.14 bits per heavy atom. The minimum Gasteiger partial charge on any atom is -0.478 e. The molecule has 1 aromatic heterocycles. The van der Waals surface area contributed by atoms with Gasteiger partial charge in [-0.25, -0.2) is 4.98 Å². The molecular formula is C16H20ClN3O. The van der Waals surface area contributed by atoms with Gasteiger partial charge in [-0.3, -0.25) is 0 Å². The van der Waals surface area contributed by atoms with E-state index < -0.39 is 0 Å². The third-order valence-corrected chi connectivity index (χ3v) is 3.15. The molecule has 0 aliphatic rings. The molecule has 1 heterocycles. The van der Waals surface area contributed by atoms with Crippen molar-refractivity contribution in [3.05, 3.63) is 46.7 Å². The summed E-state index contributed by atoms with van der Waals surface area (Å²) in [6, 6.07) is 9.58. The second-order valence-corrected chi connectivity index (χ2v) is 5.11. The summed E-state index contributed by atoms with van der Waals surface area (Å²) in [6.07, 6.45) is 1.85. The lowest BCUT2D eigenvalue weighted by atomic mass is 10.2. The van der Waals surface area contributed by atoms with Gasteiger partial charge < -0.3 is 10.1 Å². The van der Waals surface area contributed by atoms with Gasteiger partial charge in [0.2, 0.25) is 5.88 Å². The van der Waals surface area contributed by atoms with Gasteiger partial charge in [0.15, 0.2) is 0 Å². The number of nitrogens with zero attached hydrogens (tertiary/aromatic N) is 2. The number of hydrogen-bond acceptors (Lipinski definition) is 4. The molecule has 5 heteroatoms. The molecule has 0 unspecified atom stereocenters. The number of aromatic nitrogens is 2. The van der Waals surface area contributed by atoms with E-state index in [0.29, 0.717) is 19.0 Å². The van der Waals surface area contributed by atoms with E-state index in [0.717, 1.165) is 35.1 Å². The summed E-state index contributed by atoms with van der Waals surface area (Å²) in [5.41, 5.74) is 1.15. The van der Waals surface area contributed by atoms with Crippen LogP contribution in [0, 0.1) is 0 Å². The molecule has 0 amide bonds. The molecule has 4 nitrogen and oxygen atoms in total. The quantitative estimate of drug-likeness (QED) is 0.837. The maximum Gasteiger partial charge on any atom is 0.218 e. The summed E-state index contributed by atoms with van der Waals surface area (Å²) in [6.45, 7) is 5.34. The van der Waals surface area contributed by atoms with E-state index in [9.17, 15) is 0 Å². The van der Waals surface area contributed by atoms with Crippen molar-refractivity contribution in [2.45, 2.75) is 33.2 Å². The second-order valence-electron chi connectivity index (χ2n) is 4.67. The van der Waals surface area contributed by atoms with Crippen molar-refractivity contribution in [2.75, 3.05) is 11.9 Å². The molecule has 1 aromatic carbocycles. The van der Waals surface area contributed by atoms with Gasteiger partial charge in [-0.05, 0) is 31.0 Å². The first-order chi connectivity index (χ1) is 10.2.